The minimum atomic E-state index is 0.134. The van der Waals surface area contributed by atoms with Gasteiger partial charge in [-0.25, -0.2) is 0 Å². The molecule has 1 unspecified atom stereocenters. The minimum absolute atomic E-state index is 0.134. The summed E-state index contributed by atoms with van der Waals surface area (Å²) in [6.07, 6.45) is 11.9. The largest absolute Gasteiger partial charge is 0.382 e. The van der Waals surface area contributed by atoms with Crippen LogP contribution in [0.4, 0.5) is 0 Å². The zero-order chi connectivity index (χ0) is 21.2. The summed E-state index contributed by atoms with van der Waals surface area (Å²) in [5.41, 5.74) is 2.94. The molecule has 0 N–H and O–H groups in total. The van der Waals surface area contributed by atoms with Crippen molar-refractivity contribution in [3.05, 3.63) is 23.3 Å². The van der Waals surface area contributed by atoms with Gasteiger partial charge in [-0.1, -0.05) is 24.1 Å². The smallest absolute Gasteiger partial charge is 0.147 e. The van der Waals surface area contributed by atoms with Crippen LogP contribution in [0.5, 0.6) is 0 Å². The van der Waals surface area contributed by atoms with Crippen LogP contribution in [0.3, 0.4) is 0 Å². The summed E-state index contributed by atoms with van der Waals surface area (Å²) in [5.74, 6) is 1.41. The van der Waals surface area contributed by atoms with Crippen molar-refractivity contribution in [3.8, 4) is 0 Å². The van der Waals surface area contributed by atoms with E-state index in [0.717, 1.165) is 25.7 Å². The van der Waals surface area contributed by atoms with E-state index in [1.165, 1.54) is 24.0 Å². The van der Waals surface area contributed by atoms with E-state index in [-0.39, 0.29) is 12.2 Å². The normalized spacial score (nSPS) is 33.1. The molecule has 0 aliphatic heterocycles. The van der Waals surface area contributed by atoms with E-state index < -0.39 is 0 Å². The van der Waals surface area contributed by atoms with E-state index in [2.05, 4.69) is 19.1 Å². The molecule has 1 saturated carbocycles. The van der Waals surface area contributed by atoms with Crippen LogP contribution in [0, 0.1) is 17.8 Å². The quantitative estimate of drug-likeness (QED) is 0.347. The number of ether oxygens (including phenoxy) is 6. The Hall–Kier alpha value is -0.760. The van der Waals surface area contributed by atoms with Gasteiger partial charge in [0.15, 0.2) is 0 Å². The monoisotopic (exact) mass is 424 g/mol. The maximum Gasteiger partial charge on any atom is 0.147 e. The van der Waals surface area contributed by atoms with Gasteiger partial charge in [0, 0.05) is 20.1 Å². The molecule has 30 heavy (non-hydrogen) atoms. The molecule has 0 aromatic rings. The summed E-state index contributed by atoms with van der Waals surface area (Å²) in [4.78, 5) is 0. The fourth-order valence-electron chi connectivity index (χ4n) is 5.22. The summed E-state index contributed by atoms with van der Waals surface area (Å²) in [7, 11) is 3.37. The van der Waals surface area contributed by atoms with Crippen LogP contribution < -0.4 is 0 Å². The van der Waals surface area contributed by atoms with E-state index in [0.29, 0.717) is 57.8 Å². The number of rotatable bonds is 12. The van der Waals surface area contributed by atoms with Crippen molar-refractivity contribution in [2.75, 3.05) is 54.2 Å². The molecule has 0 spiro atoms. The van der Waals surface area contributed by atoms with Crippen molar-refractivity contribution < 1.29 is 28.4 Å². The molecular formula is C24H40O6. The third-order valence-corrected chi connectivity index (χ3v) is 6.84. The first-order valence-corrected chi connectivity index (χ1v) is 11.5. The van der Waals surface area contributed by atoms with Crippen molar-refractivity contribution in [2.24, 2.45) is 17.8 Å². The highest BCUT2D eigenvalue weighted by molar-refractivity contribution is 5.33. The molecule has 3 aliphatic carbocycles. The number of fused-ring (bicyclic) bond motifs is 3. The topological polar surface area (TPSA) is 55.4 Å². The predicted molar refractivity (Wildman–Crippen MR) is 115 cm³/mol. The van der Waals surface area contributed by atoms with Gasteiger partial charge in [-0.3, -0.25) is 0 Å². The highest BCUT2D eigenvalue weighted by Crippen LogP contribution is 2.46. The zero-order valence-corrected chi connectivity index (χ0v) is 19.0. The first kappa shape index (κ1) is 23.9. The van der Waals surface area contributed by atoms with Crippen LogP contribution in [0.15, 0.2) is 23.3 Å². The molecule has 0 amide bonds. The summed E-state index contributed by atoms with van der Waals surface area (Å²) >= 11 is 0. The summed E-state index contributed by atoms with van der Waals surface area (Å²) in [6.45, 7) is 5.16. The van der Waals surface area contributed by atoms with Gasteiger partial charge in [0.05, 0.1) is 38.6 Å². The second kappa shape index (κ2) is 12.9. The molecule has 0 heterocycles. The molecule has 0 saturated heterocycles. The van der Waals surface area contributed by atoms with Gasteiger partial charge in [-0.15, -0.1) is 0 Å². The standard InChI is InChI=1S/C24H40O6/c1-18-7-8-21-15-20(18)10-9-19-5-4-6-22(29-16-27-13-11-25-2)23(19)24(21)30-17-28-14-12-26-3/h7,10,19,21-24H,4-6,8-9,11-17H2,1-3H3/b20-10+/t19-,21+,22?,23-,24+/m0/s1. The van der Waals surface area contributed by atoms with Gasteiger partial charge in [0.2, 0.25) is 0 Å². The molecule has 3 aliphatic rings. The second-order valence-corrected chi connectivity index (χ2v) is 8.69. The van der Waals surface area contributed by atoms with Crippen LogP contribution in [0.1, 0.15) is 45.4 Å². The summed E-state index contributed by atoms with van der Waals surface area (Å²) in [5, 5.41) is 0. The Balaban J connectivity index is 1.70. The maximum absolute atomic E-state index is 6.46. The Morgan fingerprint density at radius 1 is 0.833 bits per heavy atom. The Kier molecular flexibility index (Phi) is 10.3. The molecule has 2 bridgehead atoms. The third-order valence-electron chi connectivity index (χ3n) is 6.84. The number of allylic oxidation sites excluding steroid dienone is 4. The molecule has 6 nitrogen and oxygen atoms in total. The maximum atomic E-state index is 6.46. The van der Waals surface area contributed by atoms with Crippen molar-refractivity contribution in [3.63, 3.8) is 0 Å². The average Bonchev–Trinajstić information content (AvgIpc) is 2.75. The SMILES string of the molecule is COCCOCOC1CCC[C@H]2C/C=C3\C[C@@H](CC=C3C)[C@@H](OCOCCOC)[C@H]12. The first-order valence-electron chi connectivity index (χ1n) is 11.5. The molecule has 0 aromatic carbocycles. The molecule has 5 atom stereocenters. The van der Waals surface area contributed by atoms with Crippen molar-refractivity contribution >= 4 is 0 Å². The Morgan fingerprint density at radius 2 is 1.53 bits per heavy atom. The van der Waals surface area contributed by atoms with Gasteiger partial charge in [-0.2, -0.15) is 0 Å². The highest BCUT2D eigenvalue weighted by atomic mass is 16.7. The van der Waals surface area contributed by atoms with E-state index >= 15 is 0 Å². The average molecular weight is 425 g/mol. The lowest BCUT2D eigenvalue weighted by Crippen LogP contribution is -2.48. The van der Waals surface area contributed by atoms with E-state index in [4.69, 9.17) is 28.4 Å². The summed E-state index contributed by atoms with van der Waals surface area (Å²) < 4.78 is 34.2. The summed E-state index contributed by atoms with van der Waals surface area (Å²) in [6, 6.07) is 0. The van der Waals surface area contributed by atoms with Gasteiger partial charge in [0.25, 0.3) is 0 Å². The van der Waals surface area contributed by atoms with Gasteiger partial charge in [-0.05, 0) is 56.4 Å². The van der Waals surface area contributed by atoms with E-state index in [1.807, 2.05) is 0 Å². The molecule has 172 valence electrons. The zero-order valence-electron chi connectivity index (χ0n) is 19.0. The van der Waals surface area contributed by atoms with Crippen LogP contribution in [-0.2, 0) is 28.4 Å². The fourth-order valence-corrected chi connectivity index (χ4v) is 5.22. The van der Waals surface area contributed by atoms with Crippen LogP contribution in [0.25, 0.3) is 0 Å². The Morgan fingerprint density at radius 3 is 2.27 bits per heavy atom. The number of hydrogen-bond donors (Lipinski definition) is 0. The van der Waals surface area contributed by atoms with Crippen molar-refractivity contribution in [1.29, 1.82) is 0 Å². The highest BCUT2D eigenvalue weighted by Gasteiger charge is 2.44. The molecule has 0 aromatic heterocycles. The van der Waals surface area contributed by atoms with Crippen molar-refractivity contribution in [1.82, 2.24) is 0 Å². The molecule has 1 fully saturated rings. The lowest BCUT2D eigenvalue weighted by molar-refractivity contribution is -0.189. The molecular weight excluding hydrogens is 384 g/mol. The second-order valence-electron chi connectivity index (χ2n) is 8.69. The molecule has 6 heteroatoms. The number of methoxy groups -OCH3 is 2. The molecule has 0 radical (unpaired) electrons. The molecule has 3 rings (SSSR count). The first-order chi connectivity index (χ1) is 14.7. The van der Waals surface area contributed by atoms with E-state index in [1.54, 1.807) is 14.2 Å². The fraction of sp³-hybridized carbons (Fsp3) is 0.833. The van der Waals surface area contributed by atoms with Gasteiger partial charge < -0.3 is 28.4 Å². The van der Waals surface area contributed by atoms with Crippen molar-refractivity contribution in [2.45, 2.75) is 57.7 Å². The van der Waals surface area contributed by atoms with E-state index in [9.17, 15) is 0 Å². The van der Waals surface area contributed by atoms with Gasteiger partial charge in [0.1, 0.15) is 13.6 Å². The predicted octanol–water partition coefficient (Wildman–Crippen LogP) is 4.10. The lowest BCUT2D eigenvalue weighted by Gasteiger charge is -2.46. The third kappa shape index (κ3) is 6.62. The minimum Gasteiger partial charge on any atom is -0.382 e. The Bertz CT molecular complexity index is 560. The Labute approximate surface area is 181 Å². The van der Waals surface area contributed by atoms with Crippen LogP contribution in [0.2, 0.25) is 0 Å². The number of hydrogen-bond acceptors (Lipinski definition) is 6. The van der Waals surface area contributed by atoms with Crippen LogP contribution in [-0.4, -0.2) is 66.4 Å². The lowest BCUT2D eigenvalue weighted by atomic mass is 9.65. The van der Waals surface area contributed by atoms with Crippen LogP contribution >= 0.6 is 0 Å². The van der Waals surface area contributed by atoms with Gasteiger partial charge >= 0.3 is 0 Å².